The first-order valence-corrected chi connectivity index (χ1v) is 7.49. The van der Waals surface area contributed by atoms with Crippen LogP contribution < -0.4 is 10.5 Å². The SMILES string of the molecule is CCC(N)C(Oc1cc(C)c(Cl)c(C)c1)c1cccnc1. The summed E-state index contributed by atoms with van der Waals surface area (Å²) < 4.78 is 6.15. The van der Waals surface area contributed by atoms with Gasteiger partial charge < -0.3 is 10.5 Å². The third-order valence-corrected chi connectivity index (χ3v) is 4.14. The lowest BCUT2D eigenvalue weighted by Gasteiger charge is -2.25. The molecule has 0 aliphatic carbocycles. The molecule has 112 valence electrons. The number of halogens is 1. The normalized spacial score (nSPS) is 13.8. The predicted molar refractivity (Wildman–Crippen MR) is 86.8 cm³/mol. The van der Waals surface area contributed by atoms with Gasteiger partial charge in [-0.15, -0.1) is 0 Å². The lowest BCUT2D eigenvalue weighted by molar-refractivity contribution is 0.170. The van der Waals surface area contributed by atoms with Crippen molar-refractivity contribution in [1.29, 1.82) is 0 Å². The van der Waals surface area contributed by atoms with E-state index in [-0.39, 0.29) is 12.1 Å². The van der Waals surface area contributed by atoms with Crippen LogP contribution in [0.25, 0.3) is 0 Å². The molecule has 0 saturated carbocycles. The Hall–Kier alpha value is -1.58. The molecule has 4 heteroatoms. The predicted octanol–water partition coefficient (Wildman–Crippen LogP) is 4.21. The summed E-state index contributed by atoms with van der Waals surface area (Å²) >= 11 is 6.20. The summed E-state index contributed by atoms with van der Waals surface area (Å²) in [6.45, 7) is 6.00. The fraction of sp³-hybridized carbons (Fsp3) is 0.353. The molecule has 2 atom stereocenters. The Morgan fingerprint density at radius 1 is 1.29 bits per heavy atom. The number of hydrogen-bond acceptors (Lipinski definition) is 3. The maximum absolute atomic E-state index is 6.22. The van der Waals surface area contributed by atoms with Gasteiger partial charge in [0.25, 0.3) is 0 Å². The lowest BCUT2D eigenvalue weighted by Crippen LogP contribution is -2.31. The van der Waals surface area contributed by atoms with Crippen LogP contribution in [0.4, 0.5) is 0 Å². The van der Waals surface area contributed by atoms with E-state index >= 15 is 0 Å². The van der Waals surface area contributed by atoms with Crippen LogP contribution in [0.2, 0.25) is 5.02 Å². The Morgan fingerprint density at radius 3 is 2.48 bits per heavy atom. The smallest absolute Gasteiger partial charge is 0.140 e. The van der Waals surface area contributed by atoms with Crippen molar-refractivity contribution < 1.29 is 4.74 Å². The summed E-state index contributed by atoms with van der Waals surface area (Å²) in [6, 6.07) is 7.68. The first kappa shape index (κ1) is 15.8. The highest BCUT2D eigenvalue weighted by Crippen LogP contribution is 2.30. The van der Waals surface area contributed by atoms with Crippen LogP contribution in [0.1, 0.15) is 36.1 Å². The molecule has 0 radical (unpaired) electrons. The zero-order valence-corrected chi connectivity index (χ0v) is 13.4. The number of nitrogens with two attached hydrogens (primary N) is 1. The molecule has 3 nitrogen and oxygen atoms in total. The van der Waals surface area contributed by atoms with Crippen molar-refractivity contribution in [3.63, 3.8) is 0 Å². The van der Waals surface area contributed by atoms with Gasteiger partial charge in [0.2, 0.25) is 0 Å². The van der Waals surface area contributed by atoms with Crippen LogP contribution >= 0.6 is 11.6 Å². The molecule has 1 aromatic carbocycles. The first-order chi connectivity index (χ1) is 10.0. The van der Waals surface area contributed by atoms with E-state index in [1.54, 1.807) is 12.4 Å². The maximum Gasteiger partial charge on any atom is 0.140 e. The molecule has 0 saturated heterocycles. The van der Waals surface area contributed by atoms with E-state index in [1.165, 1.54) is 0 Å². The van der Waals surface area contributed by atoms with Gasteiger partial charge in [-0.05, 0) is 49.6 Å². The van der Waals surface area contributed by atoms with Crippen molar-refractivity contribution in [2.75, 3.05) is 0 Å². The molecule has 0 amide bonds. The zero-order valence-electron chi connectivity index (χ0n) is 12.6. The van der Waals surface area contributed by atoms with Gasteiger partial charge in [0.05, 0.1) is 0 Å². The van der Waals surface area contributed by atoms with Crippen molar-refractivity contribution in [3.8, 4) is 5.75 Å². The van der Waals surface area contributed by atoms with Gasteiger partial charge in [-0.25, -0.2) is 0 Å². The largest absolute Gasteiger partial charge is 0.484 e. The number of hydrogen-bond donors (Lipinski definition) is 1. The van der Waals surface area contributed by atoms with Crippen LogP contribution in [-0.2, 0) is 0 Å². The lowest BCUT2D eigenvalue weighted by atomic mass is 10.0. The standard InChI is InChI=1S/C17H21ClN2O/c1-4-15(19)17(13-6-5-7-20-10-13)21-14-8-11(2)16(18)12(3)9-14/h5-10,15,17H,4,19H2,1-3H3. The van der Waals surface area contributed by atoms with Gasteiger partial charge in [0.1, 0.15) is 11.9 Å². The number of benzene rings is 1. The summed E-state index contributed by atoms with van der Waals surface area (Å²) in [4.78, 5) is 4.16. The van der Waals surface area contributed by atoms with Gasteiger partial charge in [-0.2, -0.15) is 0 Å². The highest BCUT2D eigenvalue weighted by Gasteiger charge is 2.21. The zero-order chi connectivity index (χ0) is 15.4. The van der Waals surface area contributed by atoms with E-state index in [0.717, 1.165) is 33.9 Å². The number of aromatic nitrogens is 1. The molecule has 0 spiro atoms. The molecule has 1 heterocycles. The summed E-state index contributed by atoms with van der Waals surface area (Å²) in [5.41, 5.74) is 9.21. The Bertz CT molecular complexity index is 578. The van der Waals surface area contributed by atoms with Gasteiger partial charge in [-0.3, -0.25) is 4.98 Å². The molecule has 2 unspecified atom stereocenters. The highest BCUT2D eigenvalue weighted by molar-refractivity contribution is 6.32. The Labute approximate surface area is 131 Å². The third kappa shape index (κ3) is 3.74. The van der Waals surface area contributed by atoms with E-state index in [2.05, 4.69) is 11.9 Å². The average Bonchev–Trinajstić information content (AvgIpc) is 2.50. The van der Waals surface area contributed by atoms with E-state index < -0.39 is 0 Å². The molecule has 0 bridgehead atoms. The molecule has 2 N–H and O–H groups in total. The Kier molecular flexibility index (Phi) is 5.21. The van der Waals surface area contributed by atoms with E-state index in [1.807, 2.05) is 38.1 Å². The van der Waals surface area contributed by atoms with Gasteiger partial charge >= 0.3 is 0 Å². The van der Waals surface area contributed by atoms with Crippen LogP contribution in [0, 0.1) is 13.8 Å². The second-order valence-electron chi connectivity index (χ2n) is 5.27. The number of rotatable bonds is 5. The third-order valence-electron chi connectivity index (χ3n) is 3.55. The molecule has 1 aromatic heterocycles. The second kappa shape index (κ2) is 6.92. The Balaban J connectivity index is 2.32. The van der Waals surface area contributed by atoms with E-state index in [0.29, 0.717) is 0 Å². The maximum atomic E-state index is 6.22. The molecule has 2 aromatic rings. The molecule has 0 aliphatic heterocycles. The monoisotopic (exact) mass is 304 g/mol. The molecular formula is C17H21ClN2O. The minimum absolute atomic E-state index is 0.0921. The van der Waals surface area contributed by atoms with Crippen LogP contribution in [0.5, 0.6) is 5.75 Å². The average molecular weight is 305 g/mol. The van der Waals surface area contributed by atoms with E-state index in [4.69, 9.17) is 22.1 Å². The fourth-order valence-corrected chi connectivity index (χ4v) is 2.39. The van der Waals surface area contributed by atoms with Crippen molar-refractivity contribution in [1.82, 2.24) is 4.98 Å². The van der Waals surface area contributed by atoms with Crippen molar-refractivity contribution in [3.05, 3.63) is 58.4 Å². The van der Waals surface area contributed by atoms with Gasteiger partial charge in [0, 0.05) is 29.0 Å². The van der Waals surface area contributed by atoms with Crippen LogP contribution in [0.3, 0.4) is 0 Å². The van der Waals surface area contributed by atoms with Crippen molar-refractivity contribution in [2.45, 2.75) is 39.3 Å². The number of aryl methyl sites for hydroxylation is 2. The van der Waals surface area contributed by atoms with Gasteiger partial charge in [0.15, 0.2) is 0 Å². The summed E-state index contributed by atoms with van der Waals surface area (Å²) in [6.07, 6.45) is 4.15. The van der Waals surface area contributed by atoms with Crippen molar-refractivity contribution >= 4 is 11.6 Å². The van der Waals surface area contributed by atoms with Crippen molar-refractivity contribution in [2.24, 2.45) is 5.73 Å². The molecule has 2 rings (SSSR count). The quantitative estimate of drug-likeness (QED) is 0.900. The van der Waals surface area contributed by atoms with Crippen LogP contribution in [0.15, 0.2) is 36.7 Å². The summed E-state index contributed by atoms with van der Waals surface area (Å²) in [5.74, 6) is 0.784. The fourth-order valence-electron chi connectivity index (χ4n) is 2.28. The number of pyridine rings is 1. The summed E-state index contributed by atoms with van der Waals surface area (Å²) in [7, 11) is 0. The molecule has 21 heavy (non-hydrogen) atoms. The minimum atomic E-state index is -0.219. The summed E-state index contributed by atoms with van der Waals surface area (Å²) in [5, 5.41) is 0.778. The second-order valence-corrected chi connectivity index (χ2v) is 5.65. The molecule has 0 fully saturated rings. The number of nitrogens with zero attached hydrogens (tertiary/aromatic N) is 1. The highest BCUT2D eigenvalue weighted by atomic mass is 35.5. The van der Waals surface area contributed by atoms with E-state index in [9.17, 15) is 0 Å². The number of ether oxygens (including phenoxy) is 1. The first-order valence-electron chi connectivity index (χ1n) is 7.11. The van der Waals surface area contributed by atoms with Crippen LogP contribution in [-0.4, -0.2) is 11.0 Å². The molecular weight excluding hydrogens is 284 g/mol. The minimum Gasteiger partial charge on any atom is -0.484 e. The Morgan fingerprint density at radius 2 is 1.95 bits per heavy atom. The topological polar surface area (TPSA) is 48.1 Å². The molecule has 0 aliphatic rings. The van der Waals surface area contributed by atoms with Gasteiger partial charge in [-0.1, -0.05) is 24.6 Å².